The van der Waals surface area contributed by atoms with E-state index in [0.717, 1.165) is 0 Å². The van der Waals surface area contributed by atoms with Crippen LogP contribution in [0.25, 0.3) is 6.08 Å². The molecule has 0 fully saturated rings. The minimum Gasteiger partial charge on any atom is -0.383 e. The van der Waals surface area contributed by atoms with Crippen molar-refractivity contribution in [3.63, 3.8) is 0 Å². The van der Waals surface area contributed by atoms with E-state index in [-0.39, 0.29) is 11.1 Å². The highest BCUT2D eigenvalue weighted by atomic mass is 16.1. The van der Waals surface area contributed by atoms with E-state index in [2.05, 4.69) is 27.4 Å². The number of nitrogen functional groups attached to an aromatic ring is 1. The first kappa shape index (κ1) is 11.6. The summed E-state index contributed by atoms with van der Waals surface area (Å²) in [6, 6.07) is 0. The van der Waals surface area contributed by atoms with Crippen LogP contribution in [0.5, 0.6) is 0 Å². The molecule has 0 saturated carbocycles. The van der Waals surface area contributed by atoms with Crippen LogP contribution in [0.1, 0.15) is 26.5 Å². The second kappa shape index (κ2) is 3.61. The van der Waals surface area contributed by atoms with Gasteiger partial charge >= 0.3 is 5.69 Å². The lowest BCUT2D eigenvalue weighted by Crippen LogP contribution is -2.28. The monoisotopic (exact) mass is 209 g/mol. The van der Waals surface area contributed by atoms with Gasteiger partial charge in [0.05, 0.1) is 5.69 Å². The zero-order valence-corrected chi connectivity index (χ0v) is 9.87. The Labute approximate surface area is 90.0 Å². The van der Waals surface area contributed by atoms with Crippen molar-refractivity contribution in [3.8, 4) is 0 Å². The minimum atomic E-state index is -0.0858. The van der Waals surface area contributed by atoms with Crippen molar-refractivity contribution in [2.24, 2.45) is 12.5 Å². The number of imidazole rings is 1. The molecule has 0 saturated heterocycles. The Morgan fingerprint density at radius 3 is 2.40 bits per heavy atom. The molecule has 0 aromatic carbocycles. The zero-order valence-electron chi connectivity index (χ0n) is 9.87. The first-order chi connectivity index (χ1) is 6.78. The van der Waals surface area contributed by atoms with Crippen LogP contribution in [0, 0.1) is 5.41 Å². The van der Waals surface area contributed by atoms with E-state index in [4.69, 9.17) is 5.73 Å². The summed E-state index contributed by atoms with van der Waals surface area (Å²) in [6.45, 7) is 10.6. The van der Waals surface area contributed by atoms with Gasteiger partial charge in [-0.1, -0.05) is 27.4 Å². The van der Waals surface area contributed by atoms with Gasteiger partial charge in [-0.3, -0.25) is 9.13 Å². The quantitative estimate of drug-likeness (QED) is 0.801. The molecule has 84 valence electrons. The molecule has 1 aromatic heterocycles. The summed E-state index contributed by atoms with van der Waals surface area (Å²) in [7, 11) is 1.67. The average molecular weight is 209 g/mol. The Bertz CT molecular complexity index is 432. The predicted octanol–water partition coefficient (Wildman–Crippen LogP) is 1.46. The minimum absolute atomic E-state index is 0.0371. The molecule has 15 heavy (non-hydrogen) atoms. The van der Waals surface area contributed by atoms with Crippen LogP contribution in [0.4, 0.5) is 5.82 Å². The van der Waals surface area contributed by atoms with Gasteiger partial charge < -0.3 is 5.73 Å². The molecule has 1 heterocycles. The molecule has 2 N–H and O–H groups in total. The number of anilines is 1. The molecule has 0 amide bonds. The normalized spacial score (nSPS) is 11.7. The van der Waals surface area contributed by atoms with Crippen LogP contribution < -0.4 is 11.4 Å². The summed E-state index contributed by atoms with van der Waals surface area (Å²) in [4.78, 5) is 11.8. The summed E-state index contributed by atoms with van der Waals surface area (Å²) < 4.78 is 3.12. The van der Waals surface area contributed by atoms with E-state index in [9.17, 15) is 4.79 Å². The molecule has 0 aliphatic heterocycles. The van der Waals surface area contributed by atoms with Crippen LogP contribution in [0.2, 0.25) is 0 Å². The summed E-state index contributed by atoms with van der Waals surface area (Å²) in [6.07, 6.45) is 1.63. The Hall–Kier alpha value is -1.45. The van der Waals surface area contributed by atoms with Crippen molar-refractivity contribution >= 4 is 11.9 Å². The van der Waals surface area contributed by atoms with Gasteiger partial charge in [0.2, 0.25) is 0 Å². The van der Waals surface area contributed by atoms with Crippen molar-refractivity contribution in [3.05, 3.63) is 22.8 Å². The van der Waals surface area contributed by atoms with Crippen LogP contribution in [-0.2, 0) is 13.6 Å². The fourth-order valence-electron chi connectivity index (χ4n) is 1.54. The van der Waals surface area contributed by atoms with Gasteiger partial charge in [-0.25, -0.2) is 4.79 Å². The third-order valence-corrected chi connectivity index (χ3v) is 2.26. The van der Waals surface area contributed by atoms with Crippen molar-refractivity contribution < 1.29 is 0 Å². The highest BCUT2D eigenvalue weighted by Gasteiger charge is 2.18. The summed E-state index contributed by atoms with van der Waals surface area (Å²) in [5.74, 6) is 0.472. The first-order valence-electron chi connectivity index (χ1n) is 4.95. The fraction of sp³-hybridized carbons (Fsp3) is 0.545. The lowest BCUT2D eigenvalue weighted by molar-refractivity contribution is 0.336. The molecule has 4 nitrogen and oxygen atoms in total. The average Bonchev–Trinajstić information content (AvgIpc) is 2.29. The van der Waals surface area contributed by atoms with Gasteiger partial charge in [0.1, 0.15) is 5.82 Å². The number of rotatable bonds is 2. The molecule has 1 aromatic rings. The van der Waals surface area contributed by atoms with Crippen molar-refractivity contribution in [2.45, 2.75) is 27.3 Å². The predicted molar refractivity (Wildman–Crippen MR) is 63.6 cm³/mol. The van der Waals surface area contributed by atoms with Crippen molar-refractivity contribution in [2.75, 3.05) is 5.73 Å². The number of hydrogen-bond acceptors (Lipinski definition) is 2. The standard InChI is InChI=1S/C11H19N3O/c1-6-8-9(12)13(5)10(15)14(8)7-11(2,3)4/h6H,1,7,12H2,2-5H3. The number of nitrogens with two attached hydrogens (primary N) is 1. The van der Waals surface area contributed by atoms with E-state index in [1.54, 1.807) is 17.7 Å². The summed E-state index contributed by atoms with van der Waals surface area (Å²) in [5.41, 5.74) is 6.46. The molecule has 1 rings (SSSR count). The van der Waals surface area contributed by atoms with Gasteiger partial charge in [-0.2, -0.15) is 0 Å². The molecule has 0 atom stereocenters. The van der Waals surface area contributed by atoms with Gasteiger partial charge in [-0.05, 0) is 11.5 Å². The van der Waals surface area contributed by atoms with Crippen LogP contribution in [-0.4, -0.2) is 9.13 Å². The number of hydrogen-bond donors (Lipinski definition) is 1. The van der Waals surface area contributed by atoms with E-state index < -0.39 is 0 Å². The number of nitrogens with zero attached hydrogens (tertiary/aromatic N) is 2. The molecular weight excluding hydrogens is 190 g/mol. The Balaban J connectivity index is 3.35. The highest BCUT2D eigenvalue weighted by molar-refractivity contribution is 5.56. The van der Waals surface area contributed by atoms with Gasteiger partial charge in [-0.15, -0.1) is 0 Å². The van der Waals surface area contributed by atoms with Crippen molar-refractivity contribution in [1.82, 2.24) is 9.13 Å². The van der Waals surface area contributed by atoms with Gasteiger partial charge in [0, 0.05) is 13.6 Å². The molecule has 0 spiro atoms. The molecule has 0 unspecified atom stereocenters. The van der Waals surface area contributed by atoms with Crippen molar-refractivity contribution in [1.29, 1.82) is 0 Å². The molecule has 0 aliphatic carbocycles. The molecular formula is C11H19N3O. The van der Waals surface area contributed by atoms with Gasteiger partial charge in [0.25, 0.3) is 0 Å². The topological polar surface area (TPSA) is 52.9 Å². The maximum Gasteiger partial charge on any atom is 0.330 e. The second-order valence-electron chi connectivity index (χ2n) is 4.96. The van der Waals surface area contributed by atoms with E-state index >= 15 is 0 Å². The van der Waals surface area contributed by atoms with Crippen LogP contribution in [0.3, 0.4) is 0 Å². The summed E-state index contributed by atoms with van der Waals surface area (Å²) in [5, 5.41) is 0. The molecule has 0 bridgehead atoms. The lowest BCUT2D eigenvalue weighted by Gasteiger charge is -2.19. The third kappa shape index (κ3) is 2.14. The fourth-order valence-corrected chi connectivity index (χ4v) is 1.54. The Kier molecular flexibility index (Phi) is 2.79. The summed E-state index contributed by atoms with van der Waals surface area (Å²) >= 11 is 0. The smallest absolute Gasteiger partial charge is 0.330 e. The molecule has 4 heteroatoms. The Morgan fingerprint density at radius 1 is 1.47 bits per heavy atom. The zero-order chi connectivity index (χ0) is 11.8. The maximum atomic E-state index is 11.8. The lowest BCUT2D eigenvalue weighted by atomic mass is 9.97. The first-order valence-corrected chi connectivity index (χ1v) is 4.95. The largest absolute Gasteiger partial charge is 0.383 e. The molecule has 0 radical (unpaired) electrons. The Morgan fingerprint density at radius 2 is 2.00 bits per heavy atom. The highest BCUT2D eigenvalue weighted by Crippen LogP contribution is 2.19. The third-order valence-electron chi connectivity index (χ3n) is 2.26. The molecule has 0 aliphatic rings. The van der Waals surface area contributed by atoms with Crippen LogP contribution in [0.15, 0.2) is 11.4 Å². The second-order valence-corrected chi connectivity index (χ2v) is 4.96. The maximum absolute atomic E-state index is 11.8. The SMILES string of the molecule is C=Cc1c(N)n(C)c(=O)n1CC(C)(C)C. The van der Waals surface area contributed by atoms with E-state index in [0.29, 0.717) is 18.1 Å². The van der Waals surface area contributed by atoms with Gasteiger partial charge in [0.15, 0.2) is 0 Å². The van der Waals surface area contributed by atoms with E-state index in [1.807, 2.05) is 0 Å². The van der Waals surface area contributed by atoms with E-state index in [1.165, 1.54) is 4.57 Å². The van der Waals surface area contributed by atoms with Crippen LogP contribution >= 0.6 is 0 Å². The number of aromatic nitrogens is 2.